The largest absolute Gasteiger partial charge is 0.353 e. The molecule has 19 heavy (non-hydrogen) atoms. The summed E-state index contributed by atoms with van der Waals surface area (Å²) in [6, 6.07) is 0.418. The maximum absolute atomic E-state index is 12.6. The standard InChI is InChI=1S/C15H28N2OS/c1-3-15(9-4-10-16-11-15)14(18)17-12-5-7-13(19-2)8-6-12/h12-13,16H,3-11H2,1-2H3,(H,17,18). The highest BCUT2D eigenvalue weighted by Gasteiger charge is 2.38. The van der Waals surface area contributed by atoms with Gasteiger partial charge < -0.3 is 10.6 Å². The van der Waals surface area contributed by atoms with Crippen molar-refractivity contribution in [1.82, 2.24) is 10.6 Å². The number of carbonyl (C=O) groups excluding carboxylic acids is 1. The van der Waals surface area contributed by atoms with Gasteiger partial charge in [-0.1, -0.05) is 6.92 Å². The van der Waals surface area contributed by atoms with E-state index in [1.165, 1.54) is 12.8 Å². The smallest absolute Gasteiger partial charge is 0.227 e. The molecule has 0 spiro atoms. The van der Waals surface area contributed by atoms with Gasteiger partial charge in [0.25, 0.3) is 0 Å². The molecule has 0 aromatic carbocycles. The van der Waals surface area contributed by atoms with Crippen LogP contribution in [-0.2, 0) is 4.79 Å². The van der Waals surface area contributed by atoms with Gasteiger partial charge in [-0.05, 0) is 57.7 Å². The van der Waals surface area contributed by atoms with Crippen molar-refractivity contribution in [3.63, 3.8) is 0 Å². The Morgan fingerprint density at radius 1 is 1.37 bits per heavy atom. The number of thioether (sulfide) groups is 1. The SMILES string of the molecule is CCC1(C(=O)NC2CCC(SC)CC2)CCCNC1. The molecule has 1 atom stereocenters. The molecule has 0 bridgehead atoms. The molecular weight excluding hydrogens is 256 g/mol. The van der Waals surface area contributed by atoms with E-state index in [-0.39, 0.29) is 5.41 Å². The molecule has 1 unspecified atom stereocenters. The number of piperidine rings is 1. The predicted octanol–water partition coefficient (Wildman–Crippen LogP) is 2.56. The summed E-state index contributed by atoms with van der Waals surface area (Å²) in [6.07, 6.45) is 10.1. The average Bonchev–Trinajstić information content (AvgIpc) is 2.48. The molecule has 2 rings (SSSR count). The highest BCUT2D eigenvalue weighted by atomic mass is 32.2. The Kier molecular flexibility index (Phi) is 5.58. The Balaban J connectivity index is 1.86. The first-order chi connectivity index (χ1) is 9.20. The van der Waals surface area contributed by atoms with Crippen LogP contribution in [0.2, 0.25) is 0 Å². The highest BCUT2D eigenvalue weighted by Crippen LogP contribution is 2.32. The minimum absolute atomic E-state index is 0.144. The summed E-state index contributed by atoms with van der Waals surface area (Å²) < 4.78 is 0. The van der Waals surface area contributed by atoms with E-state index in [0.29, 0.717) is 11.9 Å². The molecular formula is C15H28N2OS. The monoisotopic (exact) mass is 284 g/mol. The lowest BCUT2D eigenvalue weighted by molar-refractivity contribution is -0.133. The van der Waals surface area contributed by atoms with Crippen molar-refractivity contribution in [1.29, 1.82) is 0 Å². The summed E-state index contributed by atoms with van der Waals surface area (Å²) in [5.74, 6) is 0.301. The first kappa shape index (κ1) is 15.2. The molecule has 2 fully saturated rings. The van der Waals surface area contributed by atoms with Crippen molar-refractivity contribution in [2.75, 3.05) is 19.3 Å². The van der Waals surface area contributed by atoms with Gasteiger partial charge in [0.2, 0.25) is 5.91 Å². The summed E-state index contributed by atoms with van der Waals surface area (Å²) in [6.45, 7) is 4.07. The Morgan fingerprint density at radius 2 is 2.11 bits per heavy atom. The molecule has 1 aliphatic carbocycles. The summed E-state index contributed by atoms with van der Waals surface area (Å²) in [4.78, 5) is 12.6. The van der Waals surface area contributed by atoms with Gasteiger partial charge in [0.15, 0.2) is 0 Å². The summed E-state index contributed by atoms with van der Waals surface area (Å²) in [7, 11) is 0. The Labute approximate surface area is 121 Å². The van der Waals surface area contributed by atoms with Gasteiger partial charge in [0.05, 0.1) is 5.41 Å². The molecule has 4 heteroatoms. The number of carbonyl (C=O) groups is 1. The molecule has 1 amide bonds. The third-order valence-electron chi connectivity index (χ3n) is 4.97. The van der Waals surface area contributed by atoms with Crippen LogP contribution in [0.25, 0.3) is 0 Å². The second-order valence-corrected chi connectivity index (χ2v) is 7.24. The number of nitrogens with one attached hydrogen (secondary N) is 2. The van der Waals surface area contributed by atoms with Crippen LogP contribution in [0.4, 0.5) is 0 Å². The van der Waals surface area contributed by atoms with Crippen LogP contribution in [0.15, 0.2) is 0 Å². The molecule has 1 saturated carbocycles. The van der Waals surface area contributed by atoms with Crippen molar-refractivity contribution in [3.05, 3.63) is 0 Å². The van der Waals surface area contributed by atoms with Crippen LogP contribution < -0.4 is 10.6 Å². The molecule has 0 aromatic heterocycles. The zero-order valence-electron chi connectivity index (χ0n) is 12.3. The van der Waals surface area contributed by atoms with Crippen LogP contribution in [0.5, 0.6) is 0 Å². The van der Waals surface area contributed by atoms with Gasteiger partial charge in [0, 0.05) is 17.8 Å². The molecule has 1 heterocycles. The van der Waals surface area contributed by atoms with Crippen molar-refractivity contribution in [2.24, 2.45) is 5.41 Å². The highest BCUT2D eigenvalue weighted by molar-refractivity contribution is 7.99. The number of amides is 1. The number of rotatable bonds is 4. The maximum Gasteiger partial charge on any atom is 0.227 e. The first-order valence-corrected chi connectivity index (χ1v) is 9.03. The summed E-state index contributed by atoms with van der Waals surface area (Å²) >= 11 is 1.98. The maximum atomic E-state index is 12.6. The number of hydrogen-bond donors (Lipinski definition) is 2. The lowest BCUT2D eigenvalue weighted by atomic mass is 9.77. The Morgan fingerprint density at radius 3 is 2.63 bits per heavy atom. The molecule has 2 aliphatic rings. The van der Waals surface area contributed by atoms with E-state index in [9.17, 15) is 4.79 Å². The van der Waals surface area contributed by atoms with Gasteiger partial charge in [-0.2, -0.15) is 11.8 Å². The minimum Gasteiger partial charge on any atom is -0.353 e. The molecule has 1 saturated heterocycles. The molecule has 1 aliphatic heterocycles. The average molecular weight is 284 g/mol. The van der Waals surface area contributed by atoms with Crippen LogP contribution in [0, 0.1) is 5.41 Å². The second kappa shape index (κ2) is 6.98. The zero-order valence-corrected chi connectivity index (χ0v) is 13.2. The zero-order chi connectivity index (χ0) is 13.7. The van der Waals surface area contributed by atoms with E-state index in [0.717, 1.165) is 50.4 Å². The Bertz CT molecular complexity index is 295. The molecule has 110 valence electrons. The van der Waals surface area contributed by atoms with E-state index in [2.05, 4.69) is 23.8 Å². The third kappa shape index (κ3) is 3.66. The second-order valence-electron chi connectivity index (χ2n) is 6.10. The van der Waals surface area contributed by atoms with Crippen LogP contribution in [-0.4, -0.2) is 36.5 Å². The minimum atomic E-state index is -0.144. The summed E-state index contributed by atoms with van der Waals surface area (Å²) in [5.41, 5.74) is -0.144. The van der Waals surface area contributed by atoms with E-state index in [1.807, 2.05) is 11.8 Å². The van der Waals surface area contributed by atoms with Crippen molar-refractivity contribution >= 4 is 17.7 Å². The lowest BCUT2D eigenvalue weighted by Gasteiger charge is -2.38. The van der Waals surface area contributed by atoms with Gasteiger partial charge in [0.1, 0.15) is 0 Å². The normalized spacial score (nSPS) is 35.9. The van der Waals surface area contributed by atoms with Crippen molar-refractivity contribution in [3.8, 4) is 0 Å². The summed E-state index contributed by atoms with van der Waals surface area (Å²) in [5, 5.41) is 7.54. The lowest BCUT2D eigenvalue weighted by Crippen LogP contribution is -2.53. The molecule has 2 N–H and O–H groups in total. The van der Waals surface area contributed by atoms with Crippen LogP contribution in [0.3, 0.4) is 0 Å². The van der Waals surface area contributed by atoms with Gasteiger partial charge >= 0.3 is 0 Å². The van der Waals surface area contributed by atoms with E-state index in [4.69, 9.17) is 0 Å². The quantitative estimate of drug-likeness (QED) is 0.833. The first-order valence-electron chi connectivity index (χ1n) is 7.74. The van der Waals surface area contributed by atoms with Crippen LogP contribution >= 0.6 is 11.8 Å². The van der Waals surface area contributed by atoms with Crippen molar-refractivity contribution < 1.29 is 4.79 Å². The Hall–Kier alpha value is -0.220. The van der Waals surface area contributed by atoms with E-state index < -0.39 is 0 Å². The van der Waals surface area contributed by atoms with E-state index >= 15 is 0 Å². The van der Waals surface area contributed by atoms with Crippen molar-refractivity contribution in [2.45, 2.75) is 63.2 Å². The number of hydrogen-bond acceptors (Lipinski definition) is 3. The molecule has 0 radical (unpaired) electrons. The van der Waals surface area contributed by atoms with E-state index in [1.54, 1.807) is 0 Å². The van der Waals surface area contributed by atoms with Gasteiger partial charge in [-0.15, -0.1) is 0 Å². The fourth-order valence-corrected chi connectivity index (χ4v) is 4.15. The van der Waals surface area contributed by atoms with Gasteiger partial charge in [-0.3, -0.25) is 4.79 Å². The fourth-order valence-electron chi connectivity index (χ4n) is 3.41. The third-order valence-corrected chi connectivity index (χ3v) is 6.11. The molecule has 0 aromatic rings. The van der Waals surface area contributed by atoms with Gasteiger partial charge in [-0.25, -0.2) is 0 Å². The topological polar surface area (TPSA) is 41.1 Å². The fraction of sp³-hybridized carbons (Fsp3) is 0.933. The van der Waals surface area contributed by atoms with Crippen LogP contribution in [0.1, 0.15) is 51.9 Å². The molecule has 3 nitrogen and oxygen atoms in total. The predicted molar refractivity (Wildman–Crippen MR) is 82.5 cm³/mol.